The van der Waals surface area contributed by atoms with Gasteiger partial charge < -0.3 is 15.2 Å². The minimum absolute atomic E-state index is 0.0130. The molecule has 1 heterocycles. The smallest absolute Gasteiger partial charge is 0.241 e. The Bertz CT molecular complexity index is 657. The van der Waals surface area contributed by atoms with Gasteiger partial charge in [0.05, 0.1) is 13.0 Å². The summed E-state index contributed by atoms with van der Waals surface area (Å²) in [6.07, 6.45) is 3.98. The second-order valence-electron chi connectivity index (χ2n) is 5.69. The van der Waals surface area contributed by atoms with Gasteiger partial charge in [-0.2, -0.15) is 0 Å². The van der Waals surface area contributed by atoms with E-state index in [1.54, 1.807) is 0 Å². The van der Waals surface area contributed by atoms with Gasteiger partial charge >= 0.3 is 0 Å². The zero-order chi connectivity index (χ0) is 16.7. The Morgan fingerprint density at radius 3 is 2.52 bits per heavy atom. The van der Waals surface area contributed by atoms with E-state index in [1.165, 1.54) is 0 Å². The maximum atomic E-state index is 12.1. The molecule has 124 valence electrons. The molecule has 23 heavy (non-hydrogen) atoms. The van der Waals surface area contributed by atoms with Gasteiger partial charge in [-0.25, -0.2) is 0 Å². The van der Waals surface area contributed by atoms with Gasteiger partial charge in [0.15, 0.2) is 0 Å². The number of carbonyl (C=O) groups is 2. The Kier molecular flexibility index (Phi) is 6.20. The number of aromatic amines is 1. The summed E-state index contributed by atoms with van der Waals surface area (Å²) >= 11 is 0. The summed E-state index contributed by atoms with van der Waals surface area (Å²) in [6.45, 7) is 5.65. The lowest BCUT2D eigenvalue weighted by atomic mass is 10.1. The highest BCUT2D eigenvalue weighted by molar-refractivity contribution is 5.90. The first-order chi connectivity index (χ1) is 11.2. The zero-order valence-electron chi connectivity index (χ0n) is 13.9. The van der Waals surface area contributed by atoms with Crippen LogP contribution in [0.15, 0.2) is 30.5 Å². The van der Waals surface area contributed by atoms with Crippen molar-refractivity contribution in [1.82, 2.24) is 15.2 Å². The summed E-state index contributed by atoms with van der Waals surface area (Å²) in [5, 5.41) is 3.79. The van der Waals surface area contributed by atoms with Crippen molar-refractivity contribution in [2.24, 2.45) is 0 Å². The fourth-order valence-corrected chi connectivity index (χ4v) is 2.70. The van der Waals surface area contributed by atoms with Crippen LogP contribution in [0, 0.1) is 0 Å². The average Bonchev–Trinajstić information content (AvgIpc) is 2.95. The van der Waals surface area contributed by atoms with Gasteiger partial charge in [-0.3, -0.25) is 9.59 Å². The normalized spacial score (nSPS) is 10.7. The maximum absolute atomic E-state index is 12.1. The van der Waals surface area contributed by atoms with Gasteiger partial charge in [-0.05, 0) is 24.5 Å². The van der Waals surface area contributed by atoms with Crippen LogP contribution in [0.2, 0.25) is 0 Å². The van der Waals surface area contributed by atoms with Crippen molar-refractivity contribution in [2.75, 3.05) is 19.6 Å². The predicted molar refractivity (Wildman–Crippen MR) is 92.2 cm³/mol. The molecule has 0 atom stereocenters. The molecule has 2 aromatic rings. The minimum Gasteiger partial charge on any atom is -0.361 e. The molecule has 0 aliphatic rings. The van der Waals surface area contributed by atoms with E-state index in [0.29, 0.717) is 0 Å². The fraction of sp³-hybridized carbons (Fsp3) is 0.444. The number of para-hydroxylation sites is 1. The molecule has 1 aromatic heterocycles. The highest BCUT2D eigenvalue weighted by Crippen LogP contribution is 2.17. The molecular weight excluding hydrogens is 290 g/mol. The molecule has 0 radical (unpaired) electrons. The number of fused-ring (bicyclic) bond motifs is 1. The largest absolute Gasteiger partial charge is 0.361 e. The third kappa shape index (κ3) is 4.58. The van der Waals surface area contributed by atoms with E-state index < -0.39 is 0 Å². The van der Waals surface area contributed by atoms with E-state index in [0.717, 1.165) is 42.4 Å². The molecule has 0 bridgehead atoms. The van der Waals surface area contributed by atoms with Gasteiger partial charge in [-0.15, -0.1) is 0 Å². The highest BCUT2D eigenvalue weighted by atomic mass is 16.2. The van der Waals surface area contributed by atoms with Crippen LogP contribution in [0.25, 0.3) is 10.9 Å². The van der Waals surface area contributed by atoms with Crippen LogP contribution in [-0.2, 0) is 16.0 Å². The van der Waals surface area contributed by atoms with Gasteiger partial charge in [0.1, 0.15) is 0 Å². The molecule has 5 heteroatoms. The number of nitrogens with zero attached hydrogens (tertiary/aromatic N) is 1. The van der Waals surface area contributed by atoms with E-state index in [9.17, 15) is 9.59 Å². The maximum Gasteiger partial charge on any atom is 0.241 e. The van der Waals surface area contributed by atoms with Crippen molar-refractivity contribution in [1.29, 1.82) is 0 Å². The van der Waals surface area contributed by atoms with Crippen LogP contribution < -0.4 is 5.32 Å². The number of H-pyrrole nitrogens is 1. The molecule has 2 amide bonds. The summed E-state index contributed by atoms with van der Waals surface area (Å²) in [6, 6.07) is 7.88. The second-order valence-corrected chi connectivity index (χ2v) is 5.69. The summed E-state index contributed by atoms with van der Waals surface area (Å²) in [5.74, 6) is -0.142. The van der Waals surface area contributed by atoms with Crippen molar-refractivity contribution in [3.05, 3.63) is 36.0 Å². The topological polar surface area (TPSA) is 65.2 Å². The molecule has 2 N–H and O–H groups in total. The van der Waals surface area contributed by atoms with Crippen LogP contribution in [0.3, 0.4) is 0 Å². The average molecular weight is 315 g/mol. The third-order valence-corrected chi connectivity index (χ3v) is 3.80. The van der Waals surface area contributed by atoms with Gasteiger partial charge in [-0.1, -0.05) is 32.0 Å². The Morgan fingerprint density at radius 2 is 1.83 bits per heavy atom. The summed E-state index contributed by atoms with van der Waals surface area (Å²) in [4.78, 5) is 29.2. The first-order valence-corrected chi connectivity index (χ1v) is 8.25. The lowest BCUT2D eigenvalue weighted by molar-refractivity contribution is -0.132. The number of nitrogens with one attached hydrogen (secondary N) is 2. The van der Waals surface area contributed by atoms with Crippen LogP contribution in [0.4, 0.5) is 0 Å². The fourth-order valence-electron chi connectivity index (χ4n) is 2.70. The summed E-state index contributed by atoms with van der Waals surface area (Å²) < 4.78 is 0. The van der Waals surface area contributed by atoms with E-state index in [-0.39, 0.29) is 24.8 Å². The first-order valence-electron chi connectivity index (χ1n) is 8.25. The number of hydrogen-bond donors (Lipinski definition) is 2. The summed E-state index contributed by atoms with van der Waals surface area (Å²) in [5.41, 5.74) is 1.97. The van der Waals surface area contributed by atoms with E-state index in [2.05, 4.69) is 10.3 Å². The molecule has 0 aliphatic carbocycles. The highest BCUT2D eigenvalue weighted by Gasteiger charge is 2.14. The van der Waals surface area contributed by atoms with Crippen LogP contribution in [0.1, 0.15) is 32.3 Å². The summed E-state index contributed by atoms with van der Waals surface area (Å²) in [7, 11) is 0. The van der Waals surface area contributed by atoms with Crippen molar-refractivity contribution in [3.8, 4) is 0 Å². The monoisotopic (exact) mass is 315 g/mol. The van der Waals surface area contributed by atoms with Gasteiger partial charge in [0, 0.05) is 30.2 Å². The van der Waals surface area contributed by atoms with Gasteiger partial charge in [0.25, 0.3) is 0 Å². The molecular formula is C18H25N3O2. The van der Waals surface area contributed by atoms with Crippen molar-refractivity contribution in [3.63, 3.8) is 0 Å². The Labute approximate surface area is 137 Å². The lowest BCUT2D eigenvalue weighted by Crippen LogP contribution is -2.41. The number of rotatable bonds is 8. The van der Waals surface area contributed by atoms with Crippen LogP contribution in [0.5, 0.6) is 0 Å². The second kappa shape index (κ2) is 8.36. The predicted octanol–water partition coefficient (Wildman–Crippen LogP) is 2.48. The van der Waals surface area contributed by atoms with Crippen molar-refractivity contribution >= 4 is 22.7 Å². The molecule has 0 fully saturated rings. The molecule has 0 aliphatic heterocycles. The van der Waals surface area contributed by atoms with Crippen molar-refractivity contribution < 1.29 is 9.59 Å². The number of benzene rings is 1. The minimum atomic E-state index is -0.129. The number of carbonyl (C=O) groups excluding carboxylic acids is 2. The Hall–Kier alpha value is -2.30. The Morgan fingerprint density at radius 1 is 1.13 bits per heavy atom. The SMILES string of the molecule is CCCN(CCC)C(=O)CNC(=O)Cc1c[nH]c2ccccc12. The number of amides is 2. The van der Waals surface area contributed by atoms with E-state index in [1.807, 2.05) is 49.2 Å². The molecule has 0 unspecified atom stereocenters. The van der Waals surface area contributed by atoms with Crippen LogP contribution in [-0.4, -0.2) is 41.3 Å². The molecule has 0 spiro atoms. The first kappa shape index (κ1) is 17.1. The molecule has 5 nitrogen and oxygen atoms in total. The lowest BCUT2D eigenvalue weighted by Gasteiger charge is -2.21. The molecule has 2 rings (SSSR count). The standard InChI is InChI=1S/C18H25N3O2/c1-3-9-21(10-4-2)18(23)13-20-17(22)11-14-12-19-16-8-6-5-7-15(14)16/h5-8,12,19H,3-4,9-11,13H2,1-2H3,(H,20,22). The van der Waals surface area contributed by atoms with E-state index in [4.69, 9.17) is 0 Å². The van der Waals surface area contributed by atoms with Crippen molar-refractivity contribution in [2.45, 2.75) is 33.1 Å². The quantitative estimate of drug-likeness (QED) is 0.786. The molecule has 0 saturated heterocycles. The zero-order valence-corrected chi connectivity index (χ0v) is 13.9. The van der Waals surface area contributed by atoms with Gasteiger partial charge in [0.2, 0.25) is 11.8 Å². The third-order valence-electron chi connectivity index (χ3n) is 3.80. The molecule has 0 saturated carbocycles. The molecule has 1 aromatic carbocycles. The Balaban J connectivity index is 1.88. The number of aromatic nitrogens is 1. The number of hydrogen-bond acceptors (Lipinski definition) is 2. The van der Waals surface area contributed by atoms with Crippen LogP contribution >= 0.6 is 0 Å². The van der Waals surface area contributed by atoms with E-state index >= 15 is 0 Å².